The van der Waals surface area contributed by atoms with Crippen molar-refractivity contribution in [1.29, 1.82) is 0 Å². The predicted octanol–water partition coefficient (Wildman–Crippen LogP) is 16.2. The molecule has 0 aliphatic rings. The van der Waals surface area contributed by atoms with Gasteiger partial charge in [0, 0.05) is 12.8 Å². The van der Waals surface area contributed by atoms with Crippen LogP contribution in [0.2, 0.25) is 0 Å². The van der Waals surface area contributed by atoms with Gasteiger partial charge in [0.05, 0.1) is 25.4 Å². The number of carbonyl (C=O) groups is 2. The molecular formula is C56H103NO5. The molecule has 3 N–H and O–H groups in total. The molecule has 0 aromatic carbocycles. The zero-order chi connectivity index (χ0) is 45.1. The summed E-state index contributed by atoms with van der Waals surface area (Å²) in [5.41, 5.74) is 0. The highest BCUT2D eigenvalue weighted by atomic mass is 16.5. The second-order valence-corrected chi connectivity index (χ2v) is 18.2. The maximum absolute atomic E-state index is 12.4. The van der Waals surface area contributed by atoms with Gasteiger partial charge in [-0.05, 0) is 89.9 Å². The Hall–Kier alpha value is -2.18. The average Bonchev–Trinajstić information content (AvgIpc) is 3.27. The second-order valence-electron chi connectivity index (χ2n) is 18.2. The summed E-state index contributed by atoms with van der Waals surface area (Å²) in [4.78, 5) is 24.5. The standard InChI is InChI=1S/C56H103NO5/c1-3-5-7-9-11-13-15-17-21-26-30-34-38-42-46-50-56(61)62-51-47-43-39-35-31-27-23-20-19-22-25-29-33-37-41-45-49-55(60)57-53(52-58)54(59)48-44-40-36-32-28-24-18-16-14-12-10-8-6-4-2/h11,13,17,19,21-22,44,48,53-54,58-59H,3-10,12,14-16,18,20,23-43,45-47,49-52H2,1-2H3,(H,57,60)/b13-11-,21-17-,22-19-,48-44+. The van der Waals surface area contributed by atoms with Crippen molar-refractivity contribution in [2.24, 2.45) is 0 Å². The Bertz CT molecular complexity index is 1050. The Balaban J connectivity index is 3.51. The quantitative estimate of drug-likeness (QED) is 0.0322. The van der Waals surface area contributed by atoms with Crippen molar-refractivity contribution in [1.82, 2.24) is 5.32 Å². The number of nitrogens with one attached hydrogen (secondary N) is 1. The molecule has 0 fully saturated rings. The molecule has 6 nitrogen and oxygen atoms in total. The molecule has 0 radical (unpaired) electrons. The van der Waals surface area contributed by atoms with Crippen LogP contribution in [0.3, 0.4) is 0 Å². The van der Waals surface area contributed by atoms with Crippen LogP contribution in [0.1, 0.15) is 271 Å². The average molecular weight is 870 g/mol. The van der Waals surface area contributed by atoms with Gasteiger partial charge in [-0.25, -0.2) is 0 Å². The number of aliphatic hydroxyl groups is 2. The molecule has 0 rings (SSSR count). The van der Waals surface area contributed by atoms with Crippen molar-refractivity contribution in [2.45, 2.75) is 283 Å². The predicted molar refractivity (Wildman–Crippen MR) is 269 cm³/mol. The van der Waals surface area contributed by atoms with E-state index in [1.54, 1.807) is 6.08 Å². The summed E-state index contributed by atoms with van der Waals surface area (Å²) >= 11 is 0. The van der Waals surface area contributed by atoms with E-state index < -0.39 is 12.1 Å². The summed E-state index contributed by atoms with van der Waals surface area (Å²) in [7, 11) is 0. The van der Waals surface area contributed by atoms with E-state index in [4.69, 9.17) is 4.74 Å². The number of carbonyl (C=O) groups excluding carboxylic acids is 2. The number of hydrogen-bond donors (Lipinski definition) is 3. The van der Waals surface area contributed by atoms with Gasteiger partial charge < -0.3 is 20.3 Å². The lowest BCUT2D eigenvalue weighted by atomic mass is 10.0. The SMILES string of the molecule is CCCCC/C=C\C/C=C\CCCCCCCC(=O)OCCCCCCCCC/C=C\CCCCCCCC(=O)NC(CO)C(O)/C=C/CCCCCCCCCCCCCC. The minimum atomic E-state index is -0.855. The number of rotatable bonds is 49. The van der Waals surface area contributed by atoms with Crippen molar-refractivity contribution in [3.8, 4) is 0 Å². The largest absolute Gasteiger partial charge is 0.466 e. The molecule has 6 heteroatoms. The molecule has 0 aliphatic heterocycles. The number of allylic oxidation sites excluding steroid dienone is 7. The highest BCUT2D eigenvalue weighted by molar-refractivity contribution is 5.76. The third-order valence-electron chi connectivity index (χ3n) is 12.1. The molecule has 1 amide bonds. The Morgan fingerprint density at radius 3 is 1.27 bits per heavy atom. The van der Waals surface area contributed by atoms with E-state index in [9.17, 15) is 19.8 Å². The number of unbranched alkanes of at least 4 members (excludes halogenated alkanes) is 32. The topological polar surface area (TPSA) is 95.9 Å². The van der Waals surface area contributed by atoms with Crippen molar-refractivity contribution < 1.29 is 24.5 Å². The zero-order valence-corrected chi connectivity index (χ0v) is 41.1. The van der Waals surface area contributed by atoms with E-state index in [0.29, 0.717) is 19.4 Å². The van der Waals surface area contributed by atoms with Crippen LogP contribution < -0.4 is 5.32 Å². The van der Waals surface area contributed by atoms with E-state index in [1.165, 1.54) is 173 Å². The van der Waals surface area contributed by atoms with Crippen molar-refractivity contribution in [3.63, 3.8) is 0 Å². The van der Waals surface area contributed by atoms with E-state index in [0.717, 1.165) is 70.6 Å². The van der Waals surface area contributed by atoms with Gasteiger partial charge in [0.2, 0.25) is 5.91 Å². The van der Waals surface area contributed by atoms with Gasteiger partial charge in [0.1, 0.15) is 0 Å². The van der Waals surface area contributed by atoms with Crippen LogP contribution in [0.25, 0.3) is 0 Å². The molecule has 0 heterocycles. The number of aliphatic hydroxyl groups excluding tert-OH is 2. The van der Waals surface area contributed by atoms with Crippen LogP contribution in [-0.2, 0) is 14.3 Å². The second kappa shape index (κ2) is 51.5. The zero-order valence-electron chi connectivity index (χ0n) is 41.1. The molecule has 2 unspecified atom stereocenters. The summed E-state index contributed by atoms with van der Waals surface area (Å²) in [6, 6.07) is -0.641. The maximum atomic E-state index is 12.4. The van der Waals surface area contributed by atoms with Gasteiger partial charge >= 0.3 is 5.97 Å². The maximum Gasteiger partial charge on any atom is 0.305 e. The molecule has 362 valence electrons. The fourth-order valence-electron chi connectivity index (χ4n) is 7.89. The van der Waals surface area contributed by atoms with Gasteiger partial charge in [0.15, 0.2) is 0 Å². The molecule has 0 bridgehead atoms. The summed E-state index contributed by atoms with van der Waals surface area (Å²) in [5, 5.41) is 23.0. The van der Waals surface area contributed by atoms with Crippen molar-refractivity contribution >= 4 is 11.9 Å². The highest BCUT2D eigenvalue weighted by Crippen LogP contribution is 2.15. The third-order valence-corrected chi connectivity index (χ3v) is 12.1. The third kappa shape index (κ3) is 47.3. The summed E-state index contributed by atoms with van der Waals surface area (Å²) in [5.74, 6) is -0.105. The molecule has 0 aliphatic carbocycles. The Kier molecular flexibility index (Phi) is 49.6. The monoisotopic (exact) mass is 870 g/mol. The van der Waals surface area contributed by atoms with Crippen LogP contribution in [0.15, 0.2) is 48.6 Å². The van der Waals surface area contributed by atoms with Gasteiger partial charge in [-0.3, -0.25) is 9.59 Å². The van der Waals surface area contributed by atoms with Crippen LogP contribution >= 0.6 is 0 Å². The molecule has 2 atom stereocenters. The van der Waals surface area contributed by atoms with Gasteiger partial charge in [-0.2, -0.15) is 0 Å². The van der Waals surface area contributed by atoms with Crippen LogP contribution in [0.4, 0.5) is 0 Å². The first-order valence-corrected chi connectivity index (χ1v) is 26.9. The van der Waals surface area contributed by atoms with E-state index >= 15 is 0 Å². The van der Waals surface area contributed by atoms with E-state index in [-0.39, 0.29) is 18.5 Å². The van der Waals surface area contributed by atoms with Crippen molar-refractivity contribution in [3.05, 3.63) is 48.6 Å². The number of hydrogen-bond acceptors (Lipinski definition) is 5. The number of esters is 1. The smallest absolute Gasteiger partial charge is 0.305 e. The molecule has 62 heavy (non-hydrogen) atoms. The minimum absolute atomic E-state index is 0.0187. The fourth-order valence-corrected chi connectivity index (χ4v) is 7.89. The Morgan fingerprint density at radius 1 is 0.452 bits per heavy atom. The van der Waals surface area contributed by atoms with Crippen LogP contribution in [0, 0.1) is 0 Å². The minimum Gasteiger partial charge on any atom is -0.466 e. The lowest BCUT2D eigenvalue weighted by Crippen LogP contribution is -2.45. The first kappa shape index (κ1) is 59.8. The van der Waals surface area contributed by atoms with Gasteiger partial charge in [-0.1, -0.05) is 217 Å². The fraction of sp³-hybridized carbons (Fsp3) is 0.821. The van der Waals surface area contributed by atoms with Gasteiger partial charge in [-0.15, -0.1) is 0 Å². The molecule has 0 aromatic rings. The van der Waals surface area contributed by atoms with E-state index in [1.807, 2.05) is 6.08 Å². The molecular weight excluding hydrogens is 767 g/mol. The van der Waals surface area contributed by atoms with Crippen LogP contribution in [-0.4, -0.2) is 47.4 Å². The molecule has 0 spiro atoms. The lowest BCUT2D eigenvalue weighted by molar-refractivity contribution is -0.143. The number of ether oxygens (including phenoxy) is 1. The lowest BCUT2D eigenvalue weighted by Gasteiger charge is -2.20. The molecule has 0 saturated carbocycles. The Morgan fingerprint density at radius 2 is 0.806 bits per heavy atom. The summed E-state index contributed by atoms with van der Waals surface area (Å²) in [6.07, 6.45) is 64.0. The first-order valence-electron chi connectivity index (χ1n) is 26.9. The van der Waals surface area contributed by atoms with Gasteiger partial charge in [0.25, 0.3) is 0 Å². The van der Waals surface area contributed by atoms with Crippen LogP contribution in [0.5, 0.6) is 0 Å². The highest BCUT2D eigenvalue weighted by Gasteiger charge is 2.18. The first-order chi connectivity index (χ1) is 30.5. The molecule has 0 saturated heterocycles. The van der Waals surface area contributed by atoms with E-state index in [2.05, 4.69) is 55.6 Å². The molecule has 0 aromatic heterocycles. The summed E-state index contributed by atoms with van der Waals surface area (Å²) < 4.78 is 5.46. The normalized spacial score (nSPS) is 13.0. The summed E-state index contributed by atoms with van der Waals surface area (Å²) in [6.45, 7) is 4.84. The number of amides is 1. The van der Waals surface area contributed by atoms with Crippen molar-refractivity contribution in [2.75, 3.05) is 13.2 Å². The Labute approximate surface area is 385 Å².